The molecule has 0 bridgehead atoms. The molecule has 2 heterocycles. The summed E-state index contributed by atoms with van der Waals surface area (Å²) < 4.78 is 5.38. The molecule has 94 valence electrons. The van der Waals surface area contributed by atoms with E-state index in [9.17, 15) is 0 Å². The lowest BCUT2D eigenvalue weighted by Gasteiger charge is -2.24. The van der Waals surface area contributed by atoms with E-state index in [4.69, 9.17) is 10.5 Å². The largest absolute Gasteiger partial charge is 0.379 e. The molecule has 0 spiro atoms. The first-order chi connectivity index (χ1) is 8.20. The van der Waals surface area contributed by atoms with Crippen molar-refractivity contribution in [1.82, 2.24) is 9.97 Å². The Labute approximate surface area is 101 Å². The first-order valence-electron chi connectivity index (χ1n) is 5.89. The summed E-state index contributed by atoms with van der Waals surface area (Å²) in [6, 6.07) is 2.29. The van der Waals surface area contributed by atoms with Crippen LogP contribution >= 0.6 is 0 Å². The Kier molecular flexibility index (Phi) is 3.63. The van der Waals surface area contributed by atoms with Gasteiger partial charge < -0.3 is 20.7 Å². The minimum absolute atomic E-state index is 0.296. The third-order valence-electron chi connectivity index (χ3n) is 2.90. The van der Waals surface area contributed by atoms with Crippen molar-refractivity contribution in [3.05, 3.63) is 6.07 Å². The minimum atomic E-state index is 0.296. The molecule has 3 N–H and O–H groups in total. The van der Waals surface area contributed by atoms with Gasteiger partial charge in [0.05, 0.1) is 12.6 Å². The van der Waals surface area contributed by atoms with E-state index in [1.165, 1.54) is 0 Å². The van der Waals surface area contributed by atoms with E-state index in [1.54, 1.807) is 0 Å². The molecule has 0 radical (unpaired) electrons. The number of nitrogens with two attached hydrogens (primary N) is 1. The fourth-order valence-electron chi connectivity index (χ4n) is 1.92. The SMILES string of the molecule is CCNc1cc(N(C)C2CCOC2)nc(N)n1. The predicted octanol–water partition coefficient (Wildman–Crippen LogP) is 0.716. The number of nitrogens with one attached hydrogen (secondary N) is 1. The third kappa shape index (κ3) is 2.76. The van der Waals surface area contributed by atoms with Gasteiger partial charge in [0.1, 0.15) is 11.6 Å². The van der Waals surface area contributed by atoms with Gasteiger partial charge in [0.2, 0.25) is 5.95 Å². The van der Waals surface area contributed by atoms with Gasteiger partial charge in [-0.05, 0) is 13.3 Å². The molecule has 1 aliphatic rings. The molecule has 17 heavy (non-hydrogen) atoms. The zero-order valence-corrected chi connectivity index (χ0v) is 10.3. The monoisotopic (exact) mass is 237 g/mol. The van der Waals surface area contributed by atoms with Gasteiger partial charge in [-0.15, -0.1) is 0 Å². The molecule has 1 aliphatic heterocycles. The lowest BCUT2D eigenvalue weighted by Crippen LogP contribution is -2.32. The number of nitrogen functional groups attached to an aromatic ring is 1. The van der Waals surface area contributed by atoms with E-state index in [2.05, 4.69) is 20.2 Å². The van der Waals surface area contributed by atoms with Gasteiger partial charge in [0.25, 0.3) is 0 Å². The van der Waals surface area contributed by atoms with Crippen molar-refractivity contribution < 1.29 is 4.74 Å². The van der Waals surface area contributed by atoms with E-state index in [0.717, 1.165) is 37.8 Å². The molecule has 0 aromatic carbocycles. The van der Waals surface area contributed by atoms with Crippen molar-refractivity contribution >= 4 is 17.6 Å². The summed E-state index contributed by atoms with van der Waals surface area (Å²) >= 11 is 0. The van der Waals surface area contributed by atoms with Gasteiger partial charge in [0, 0.05) is 26.3 Å². The summed E-state index contributed by atoms with van der Waals surface area (Å²) in [5.41, 5.74) is 5.71. The van der Waals surface area contributed by atoms with Crippen molar-refractivity contribution in [2.24, 2.45) is 0 Å². The first-order valence-corrected chi connectivity index (χ1v) is 5.89. The van der Waals surface area contributed by atoms with Crippen LogP contribution in [0.1, 0.15) is 13.3 Å². The number of aromatic nitrogens is 2. The second kappa shape index (κ2) is 5.18. The lowest BCUT2D eigenvalue weighted by molar-refractivity contribution is 0.193. The molecule has 6 nitrogen and oxygen atoms in total. The van der Waals surface area contributed by atoms with Gasteiger partial charge in [-0.2, -0.15) is 9.97 Å². The van der Waals surface area contributed by atoms with Gasteiger partial charge in [0.15, 0.2) is 0 Å². The second-order valence-corrected chi connectivity index (χ2v) is 4.13. The van der Waals surface area contributed by atoms with Crippen LogP contribution in [0.3, 0.4) is 0 Å². The topological polar surface area (TPSA) is 76.3 Å². The molecule has 2 rings (SSSR count). The van der Waals surface area contributed by atoms with Crippen LogP contribution in [0.4, 0.5) is 17.6 Å². The van der Waals surface area contributed by atoms with Crippen LogP contribution in [0.5, 0.6) is 0 Å². The van der Waals surface area contributed by atoms with Crippen LogP contribution in [-0.2, 0) is 4.74 Å². The maximum Gasteiger partial charge on any atom is 0.223 e. The van der Waals surface area contributed by atoms with E-state index in [0.29, 0.717) is 12.0 Å². The summed E-state index contributed by atoms with van der Waals surface area (Å²) in [5.74, 6) is 1.90. The Bertz CT molecular complexity index is 378. The summed E-state index contributed by atoms with van der Waals surface area (Å²) in [6.45, 7) is 4.39. The highest BCUT2D eigenvalue weighted by atomic mass is 16.5. The van der Waals surface area contributed by atoms with Crippen molar-refractivity contribution in [1.29, 1.82) is 0 Å². The predicted molar refractivity (Wildman–Crippen MR) is 68.2 cm³/mol. The fraction of sp³-hybridized carbons (Fsp3) is 0.636. The Hall–Kier alpha value is -1.56. The van der Waals surface area contributed by atoms with Crippen molar-refractivity contribution in [2.45, 2.75) is 19.4 Å². The summed E-state index contributed by atoms with van der Waals surface area (Å²) in [7, 11) is 2.01. The summed E-state index contributed by atoms with van der Waals surface area (Å²) in [6.07, 6.45) is 1.02. The van der Waals surface area contributed by atoms with Crippen molar-refractivity contribution in [2.75, 3.05) is 42.8 Å². The normalized spacial score (nSPS) is 19.3. The number of anilines is 3. The van der Waals surface area contributed by atoms with Gasteiger partial charge >= 0.3 is 0 Å². The van der Waals surface area contributed by atoms with Gasteiger partial charge in [-0.3, -0.25) is 0 Å². The molecule has 1 aromatic heterocycles. The quantitative estimate of drug-likeness (QED) is 0.803. The maximum atomic E-state index is 5.71. The smallest absolute Gasteiger partial charge is 0.223 e. The van der Waals surface area contributed by atoms with E-state index in [-0.39, 0.29) is 0 Å². The average Bonchev–Trinajstić information content (AvgIpc) is 2.81. The molecule has 0 saturated carbocycles. The van der Waals surface area contributed by atoms with E-state index < -0.39 is 0 Å². The number of hydrogen-bond acceptors (Lipinski definition) is 6. The Balaban J connectivity index is 2.18. The zero-order chi connectivity index (χ0) is 12.3. The number of likely N-dealkylation sites (N-methyl/N-ethyl adjacent to an activating group) is 1. The standard InChI is InChI=1S/C11H19N5O/c1-3-13-9-6-10(15-11(12)14-9)16(2)8-4-5-17-7-8/h6,8H,3-5,7H2,1-2H3,(H3,12,13,14,15). The molecule has 1 aromatic rings. The van der Waals surface area contributed by atoms with Crippen LogP contribution in [0.25, 0.3) is 0 Å². The highest BCUT2D eigenvalue weighted by molar-refractivity contribution is 5.52. The second-order valence-electron chi connectivity index (χ2n) is 4.13. The fourth-order valence-corrected chi connectivity index (χ4v) is 1.92. The molecular formula is C11H19N5O. The van der Waals surface area contributed by atoms with Gasteiger partial charge in [-0.1, -0.05) is 0 Å². The molecule has 1 saturated heterocycles. The van der Waals surface area contributed by atoms with Crippen molar-refractivity contribution in [3.63, 3.8) is 0 Å². The molecule has 1 unspecified atom stereocenters. The summed E-state index contributed by atoms with van der Waals surface area (Å²) in [4.78, 5) is 10.5. The summed E-state index contributed by atoms with van der Waals surface area (Å²) in [5, 5.41) is 3.15. The first kappa shape index (κ1) is 11.9. The Morgan fingerprint density at radius 3 is 3.06 bits per heavy atom. The molecule has 0 amide bonds. The van der Waals surface area contributed by atoms with Crippen LogP contribution in [-0.4, -0.2) is 42.8 Å². The van der Waals surface area contributed by atoms with Crippen molar-refractivity contribution in [3.8, 4) is 0 Å². The Morgan fingerprint density at radius 1 is 1.59 bits per heavy atom. The van der Waals surface area contributed by atoms with E-state index in [1.807, 2.05) is 20.0 Å². The molecular weight excluding hydrogens is 218 g/mol. The molecule has 1 atom stereocenters. The molecule has 6 heteroatoms. The Morgan fingerprint density at radius 2 is 2.41 bits per heavy atom. The average molecular weight is 237 g/mol. The number of ether oxygens (including phenoxy) is 1. The highest BCUT2D eigenvalue weighted by Gasteiger charge is 2.22. The third-order valence-corrected chi connectivity index (χ3v) is 2.90. The zero-order valence-electron chi connectivity index (χ0n) is 10.3. The number of nitrogens with zero attached hydrogens (tertiary/aromatic N) is 3. The van der Waals surface area contributed by atoms with Crippen LogP contribution in [0.15, 0.2) is 6.07 Å². The minimum Gasteiger partial charge on any atom is -0.379 e. The van der Waals surface area contributed by atoms with E-state index >= 15 is 0 Å². The molecule has 0 aliphatic carbocycles. The number of rotatable bonds is 4. The van der Waals surface area contributed by atoms with Crippen LogP contribution < -0.4 is 16.0 Å². The number of hydrogen-bond donors (Lipinski definition) is 2. The van der Waals surface area contributed by atoms with Crippen LogP contribution in [0, 0.1) is 0 Å². The lowest BCUT2D eigenvalue weighted by atomic mass is 10.2. The van der Waals surface area contributed by atoms with Crippen LogP contribution in [0.2, 0.25) is 0 Å². The highest BCUT2D eigenvalue weighted by Crippen LogP contribution is 2.21. The maximum absolute atomic E-state index is 5.71. The molecule has 1 fully saturated rings. The van der Waals surface area contributed by atoms with Gasteiger partial charge in [-0.25, -0.2) is 0 Å².